The van der Waals surface area contributed by atoms with Crippen LogP contribution in [0.3, 0.4) is 0 Å². The van der Waals surface area contributed by atoms with Crippen molar-refractivity contribution in [2.24, 2.45) is 0 Å². The summed E-state index contributed by atoms with van der Waals surface area (Å²) < 4.78 is 31.9. The highest BCUT2D eigenvalue weighted by Crippen LogP contribution is 2.25. The molecule has 0 aliphatic heterocycles. The Morgan fingerprint density at radius 3 is 2.58 bits per heavy atom. The third kappa shape index (κ3) is 5.20. The molecule has 9 heteroatoms. The smallest absolute Gasteiger partial charge is 0.338 e. The van der Waals surface area contributed by atoms with Crippen LogP contribution in [-0.2, 0) is 21.4 Å². The van der Waals surface area contributed by atoms with Crippen LogP contribution in [0.25, 0.3) is 10.9 Å². The molecule has 0 bridgehead atoms. The van der Waals surface area contributed by atoms with Gasteiger partial charge in [0.25, 0.3) is 0 Å². The minimum Gasteiger partial charge on any atom is -0.457 e. The number of nitriles is 1. The second kappa shape index (κ2) is 9.43. The lowest BCUT2D eigenvalue weighted by atomic mass is 10.0. The molecule has 0 fully saturated rings. The molecule has 0 amide bonds. The van der Waals surface area contributed by atoms with Gasteiger partial charge in [-0.1, -0.05) is 23.7 Å². The number of benzene rings is 2. The molecule has 2 aromatic carbocycles. The number of hydrogen-bond donors (Lipinski definition) is 1. The van der Waals surface area contributed by atoms with E-state index in [2.05, 4.69) is 9.71 Å². The topological polar surface area (TPSA) is 109 Å². The van der Waals surface area contributed by atoms with Crippen LogP contribution in [0, 0.1) is 25.2 Å². The summed E-state index contributed by atoms with van der Waals surface area (Å²) in [4.78, 5) is 16.8. The normalized spacial score (nSPS) is 11.3. The molecule has 1 aromatic heterocycles. The minimum absolute atomic E-state index is 0.00516. The number of ether oxygens (including phenoxy) is 1. The van der Waals surface area contributed by atoms with Crippen LogP contribution in [0.2, 0.25) is 5.15 Å². The first kappa shape index (κ1) is 22.7. The average molecular weight is 458 g/mol. The first-order valence-electron chi connectivity index (χ1n) is 9.42. The van der Waals surface area contributed by atoms with Crippen LogP contribution < -0.4 is 4.72 Å². The van der Waals surface area contributed by atoms with Gasteiger partial charge in [-0.25, -0.2) is 22.9 Å². The highest BCUT2D eigenvalue weighted by atomic mass is 35.5. The summed E-state index contributed by atoms with van der Waals surface area (Å²) in [6.07, 6.45) is 0.0645. The number of halogens is 1. The van der Waals surface area contributed by atoms with E-state index in [1.54, 1.807) is 0 Å². The summed E-state index contributed by atoms with van der Waals surface area (Å²) >= 11 is 6.28. The van der Waals surface area contributed by atoms with Gasteiger partial charge in [-0.15, -0.1) is 0 Å². The van der Waals surface area contributed by atoms with Crippen molar-refractivity contribution < 1.29 is 17.9 Å². The van der Waals surface area contributed by atoms with Crippen LogP contribution >= 0.6 is 11.6 Å². The van der Waals surface area contributed by atoms with Gasteiger partial charge in [-0.2, -0.15) is 5.26 Å². The van der Waals surface area contributed by atoms with E-state index in [1.165, 1.54) is 24.3 Å². The number of esters is 1. The van der Waals surface area contributed by atoms with Gasteiger partial charge in [0.2, 0.25) is 10.0 Å². The lowest BCUT2D eigenvalue weighted by molar-refractivity contribution is 0.0472. The van der Waals surface area contributed by atoms with Gasteiger partial charge in [-0.05, 0) is 55.3 Å². The average Bonchev–Trinajstić information content (AvgIpc) is 2.75. The minimum atomic E-state index is -3.74. The van der Waals surface area contributed by atoms with E-state index in [0.717, 1.165) is 22.0 Å². The molecular weight excluding hydrogens is 438 g/mol. The predicted octanol–water partition coefficient (Wildman–Crippen LogP) is 4.05. The molecule has 0 saturated carbocycles. The maximum absolute atomic E-state index is 12.4. The van der Waals surface area contributed by atoms with Gasteiger partial charge >= 0.3 is 5.97 Å². The zero-order valence-corrected chi connectivity index (χ0v) is 18.5. The van der Waals surface area contributed by atoms with Gasteiger partial charge in [-0.3, -0.25) is 0 Å². The van der Waals surface area contributed by atoms with E-state index in [4.69, 9.17) is 21.6 Å². The van der Waals surface area contributed by atoms with Crippen molar-refractivity contribution in [3.8, 4) is 6.07 Å². The van der Waals surface area contributed by atoms with E-state index in [9.17, 15) is 13.2 Å². The molecule has 7 nitrogen and oxygen atoms in total. The van der Waals surface area contributed by atoms with E-state index >= 15 is 0 Å². The summed E-state index contributed by atoms with van der Waals surface area (Å²) in [5.41, 5.74) is 3.74. The van der Waals surface area contributed by atoms with Crippen LogP contribution in [0.1, 0.15) is 33.5 Å². The standard InChI is InChI=1S/C22H20ClN3O4S/c1-14-4-5-17-12-18(21(23)26-20(17)15(14)2)13-30-22(27)16-6-8-19(9-7-16)31(28,29)25-11-3-10-24/h4-9,12,25H,3,11,13H2,1-2H3. The number of nitrogens with one attached hydrogen (secondary N) is 1. The van der Waals surface area contributed by atoms with Gasteiger partial charge in [0.15, 0.2) is 0 Å². The number of rotatable bonds is 7. The molecule has 1 N–H and O–H groups in total. The summed E-state index contributed by atoms with van der Waals surface area (Å²) in [7, 11) is -3.74. The molecular formula is C22H20ClN3O4S. The number of pyridine rings is 1. The first-order valence-corrected chi connectivity index (χ1v) is 11.3. The second-order valence-electron chi connectivity index (χ2n) is 6.92. The largest absolute Gasteiger partial charge is 0.457 e. The Hall–Kier alpha value is -2.99. The summed E-state index contributed by atoms with van der Waals surface area (Å²) in [6, 6.07) is 13.0. The van der Waals surface area contributed by atoms with Crippen molar-refractivity contribution in [2.75, 3.05) is 6.54 Å². The Labute approximate surface area is 185 Å². The van der Waals surface area contributed by atoms with E-state index in [1.807, 2.05) is 38.1 Å². The highest BCUT2D eigenvalue weighted by Gasteiger charge is 2.16. The second-order valence-corrected chi connectivity index (χ2v) is 9.05. The number of aryl methyl sites for hydroxylation is 2. The number of carbonyl (C=O) groups is 1. The lowest BCUT2D eigenvalue weighted by Crippen LogP contribution is -2.24. The van der Waals surface area contributed by atoms with Gasteiger partial charge in [0, 0.05) is 23.9 Å². The Morgan fingerprint density at radius 2 is 1.90 bits per heavy atom. The number of carbonyl (C=O) groups excluding carboxylic acids is 1. The summed E-state index contributed by atoms with van der Waals surface area (Å²) in [6.45, 7) is 3.92. The fourth-order valence-corrected chi connectivity index (χ4v) is 4.15. The molecule has 31 heavy (non-hydrogen) atoms. The highest BCUT2D eigenvalue weighted by molar-refractivity contribution is 7.89. The molecule has 3 rings (SSSR count). The number of nitrogens with zero attached hydrogens (tertiary/aromatic N) is 2. The fraction of sp³-hybridized carbons (Fsp3) is 0.227. The summed E-state index contributed by atoms with van der Waals surface area (Å²) in [5.74, 6) is -0.613. The Bertz CT molecular complexity index is 1280. The van der Waals surface area contributed by atoms with Crippen LogP contribution in [0.4, 0.5) is 0 Å². The maximum atomic E-state index is 12.4. The molecule has 0 aliphatic carbocycles. The number of sulfonamides is 1. The number of aromatic nitrogens is 1. The molecule has 0 atom stereocenters. The van der Waals surface area contributed by atoms with E-state index in [-0.39, 0.29) is 35.2 Å². The van der Waals surface area contributed by atoms with Crippen molar-refractivity contribution in [3.63, 3.8) is 0 Å². The monoisotopic (exact) mass is 457 g/mol. The predicted molar refractivity (Wildman–Crippen MR) is 117 cm³/mol. The molecule has 1 heterocycles. The zero-order chi connectivity index (χ0) is 22.6. The van der Waals surface area contributed by atoms with Gasteiger partial charge in [0.05, 0.1) is 22.0 Å². The lowest BCUT2D eigenvalue weighted by Gasteiger charge is -2.10. The van der Waals surface area contributed by atoms with E-state index < -0.39 is 16.0 Å². The molecule has 0 radical (unpaired) electrons. The molecule has 3 aromatic rings. The molecule has 160 valence electrons. The fourth-order valence-electron chi connectivity index (χ4n) is 2.93. The van der Waals surface area contributed by atoms with Crippen molar-refractivity contribution in [1.29, 1.82) is 5.26 Å². The van der Waals surface area contributed by atoms with Crippen LogP contribution in [0.15, 0.2) is 47.4 Å². The van der Waals surface area contributed by atoms with Crippen LogP contribution in [0.5, 0.6) is 0 Å². The molecule has 0 unspecified atom stereocenters. The van der Waals surface area contributed by atoms with Crippen LogP contribution in [-0.4, -0.2) is 25.9 Å². The molecule has 0 aliphatic rings. The number of hydrogen-bond acceptors (Lipinski definition) is 6. The van der Waals surface area contributed by atoms with Crippen molar-refractivity contribution in [3.05, 3.63) is 69.9 Å². The summed E-state index contributed by atoms with van der Waals surface area (Å²) in [5, 5.41) is 9.67. The Balaban J connectivity index is 1.70. The quantitative estimate of drug-likeness (QED) is 0.325. The zero-order valence-electron chi connectivity index (χ0n) is 17.0. The Kier molecular flexibility index (Phi) is 6.91. The third-order valence-electron chi connectivity index (χ3n) is 4.83. The SMILES string of the molecule is Cc1ccc2cc(COC(=O)c3ccc(S(=O)(=O)NCCC#N)cc3)c(Cl)nc2c1C. The first-order chi connectivity index (χ1) is 14.7. The molecule has 0 spiro atoms. The maximum Gasteiger partial charge on any atom is 0.338 e. The van der Waals surface area contributed by atoms with Crippen molar-refractivity contribution in [1.82, 2.24) is 9.71 Å². The van der Waals surface area contributed by atoms with Gasteiger partial charge < -0.3 is 4.74 Å². The Morgan fingerprint density at radius 1 is 1.19 bits per heavy atom. The van der Waals surface area contributed by atoms with Crippen molar-refractivity contribution in [2.45, 2.75) is 31.8 Å². The third-order valence-corrected chi connectivity index (χ3v) is 6.63. The van der Waals surface area contributed by atoms with Gasteiger partial charge in [0.1, 0.15) is 11.8 Å². The van der Waals surface area contributed by atoms with Crippen molar-refractivity contribution >= 4 is 38.5 Å². The number of fused-ring (bicyclic) bond motifs is 1. The molecule has 0 saturated heterocycles. The van der Waals surface area contributed by atoms with E-state index in [0.29, 0.717) is 5.56 Å².